The van der Waals surface area contributed by atoms with E-state index < -0.39 is 0 Å². The van der Waals surface area contributed by atoms with Crippen LogP contribution < -0.4 is 10.9 Å². The lowest BCUT2D eigenvalue weighted by atomic mass is 10.0. The summed E-state index contributed by atoms with van der Waals surface area (Å²) in [5, 5.41) is 19.3. The van der Waals surface area contributed by atoms with Crippen LogP contribution in [0.1, 0.15) is 0 Å². The van der Waals surface area contributed by atoms with Gasteiger partial charge in [-0.1, -0.05) is 91.0 Å². The molecule has 10 rings (SSSR count). The number of para-hydroxylation sites is 5. The summed E-state index contributed by atoms with van der Waals surface area (Å²) in [6.45, 7) is 0. The van der Waals surface area contributed by atoms with Crippen LogP contribution in [0.25, 0.3) is 76.7 Å². The van der Waals surface area contributed by atoms with Crippen LogP contribution in [0.5, 0.6) is 0 Å². The molecule has 3 aromatic heterocycles. The molecule has 3 heterocycles. The van der Waals surface area contributed by atoms with Gasteiger partial charge in [0.25, 0.3) is 5.56 Å². The van der Waals surface area contributed by atoms with E-state index in [1.807, 2.05) is 72.8 Å². The van der Waals surface area contributed by atoms with Crippen molar-refractivity contribution in [3.63, 3.8) is 0 Å². The summed E-state index contributed by atoms with van der Waals surface area (Å²) in [6, 6.07) is 55.4. The van der Waals surface area contributed by atoms with Crippen LogP contribution >= 0.6 is 0 Å². The molecule has 6 heteroatoms. The van der Waals surface area contributed by atoms with Crippen molar-refractivity contribution in [2.75, 3.05) is 5.32 Å². The van der Waals surface area contributed by atoms with Crippen molar-refractivity contribution in [2.24, 2.45) is 0 Å². The number of benzene rings is 7. The van der Waals surface area contributed by atoms with Gasteiger partial charge in [-0.15, -0.1) is 0 Å². The van der Waals surface area contributed by atoms with Gasteiger partial charge in [-0.25, -0.2) is 4.57 Å². The van der Waals surface area contributed by atoms with Crippen LogP contribution in [0.3, 0.4) is 0 Å². The van der Waals surface area contributed by atoms with Crippen LogP contribution in [0.2, 0.25) is 0 Å². The second-order valence-corrected chi connectivity index (χ2v) is 12.7. The van der Waals surface area contributed by atoms with E-state index in [4.69, 9.17) is 0 Å². The van der Waals surface area contributed by atoms with Gasteiger partial charge in [0.15, 0.2) is 0 Å². The standard InChI is InChI=1S/C44H29N5O/c45-44(46-28-14-4-1-5-15-28)49-42-27-41-35(32-21-11-13-23-39(32)48(41)30-18-8-3-9-19-30)25-36(42)33-24-34-31-20-10-12-22-38(31)47(29-16-6-2-7-17-29)40(34)26-37(33)43(49)50/h1-27H,(H2,45,46). The maximum atomic E-state index is 14.9. The van der Waals surface area contributed by atoms with Crippen molar-refractivity contribution in [3.05, 3.63) is 174 Å². The predicted molar refractivity (Wildman–Crippen MR) is 208 cm³/mol. The third kappa shape index (κ3) is 4.09. The summed E-state index contributed by atoms with van der Waals surface area (Å²) in [5.74, 6) is -0.0153. The molecular weight excluding hydrogens is 615 g/mol. The molecule has 0 spiro atoms. The molecule has 0 amide bonds. The zero-order valence-corrected chi connectivity index (χ0v) is 26.8. The molecule has 0 unspecified atom stereocenters. The SMILES string of the molecule is N=C(Nc1ccccc1)n1c(=O)c2cc3c(cc2c2cc4c5ccccc5n(-c5ccccc5)c4cc21)c1ccccc1n3-c1ccccc1. The molecule has 7 aromatic carbocycles. The Labute approximate surface area is 286 Å². The number of fused-ring (bicyclic) bond motifs is 9. The molecule has 0 radical (unpaired) electrons. The Morgan fingerprint density at radius 1 is 0.420 bits per heavy atom. The summed E-state index contributed by atoms with van der Waals surface area (Å²) in [5.41, 5.74) is 7.24. The van der Waals surface area contributed by atoms with Crippen LogP contribution in [0.4, 0.5) is 5.69 Å². The molecule has 0 aliphatic rings. The first-order valence-corrected chi connectivity index (χ1v) is 16.7. The van der Waals surface area contributed by atoms with Crippen molar-refractivity contribution in [3.8, 4) is 11.4 Å². The third-order valence-corrected chi connectivity index (χ3v) is 9.86. The average molecular weight is 644 g/mol. The number of anilines is 1. The Bertz CT molecular complexity index is 3030. The maximum absolute atomic E-state index is 14.9. The third-order valence-electron chi connectivity index (χ3n) is 9.86. The minimum Gasteiger partial charge on any atom is -0.326 e. The topological polar surface area (TPSA) is 67.7 Å². The molecular formula is C44H29N5O. The van der Waals surface area contributed by atoms with E-state index in [2.05, 4.69) is 105 Å². The number of nitrogens with zero attached hydrogens (tertiary/aromatic N) is 3. The molecule has 10 aromatic rings. The van der Waals surface area contributed by atoms with E-state index in [9.17, 15) is 10.2 Å². The number of pyridine rings is 1. The molecule has 2 N–H and O–H groups in total. The van der Waals surface area contributed by atoms with Crippen molar-refractivity contribution in [2.45, 2.75) is 0 Å². The fourth-order valence-electron chi connectivity index (χ4n) is 7.70. The smallest absolute Gasteiger partial charge is 0.265 e. The Hall–Kier alpha value is -6.92. The lowest BCUT2D eigenvalue weighted by Crippen LogP contribution is -2.32. The molecule has 0 saturated heterocycles. The predicted octanol–water partition coefficient (Wildman–Crippen LogP) is 10.2. The van der Waals surface area contributed by atoms with Gasteiger partial charge in [0.2, 0.25) is 5.96 Å². The normalized spacial score (nSPS) is 11.8. The average Bonchev–Trinajstić information content (AvgIpc) is 3.66. The Morgan fingerprint density at radius 3 is 1.46 bits per heavy atom. The van der Waals surface area contributed by atoms with Gasteiger partial charge in [0.1, 0.15) is 0 Å². The molecule has 0 atom stereocenters. The van der Waals surface area contributed by atoms with E-state index in [0.29, 0.717) is 10.9 Å². The fraction of sp³-hybridized carbons (Fsp3) is 0. The lowest BCUT2D eigenvalue weighted by Gasteiger charge is -2.17. The van der Waals surface area contributed by atoms with E-state index >= 15 is 0 Å². The highest BCUT2D eigenvalue weighted by Gasteiger charge is 2.22. The van der Waals surface area contributed by atoms with E-state index in [1.54, 1.807) is 0 Å². The Morgan fingerprint density at radius 2 is 0.880 bits per heavy atom. The number of rotatable bonds is 3. The van der Waals surface area contributed by atoms with Crippen molar-refractivity contribution in [1.82, 2.24) is 13.7 Å². The van der Waals surface area contributed by atoms with E-state index in [0.717, 1.165) is 71.4 Å². The molecule has 0 aliphatic heterocycles. The second kappa shape index (κ2) is 10.8. The summed E-state index contributed by atoms with van der Waals surface area (Å²) in [6.07, 6.45) is 0. The molecule has 236 valence electrons. The zero-order chi connectivity index (χ0) is 33.3. The van der Waals surface area contributed by atoms with Crippen molar-refractivity contribution < 1.29 is 0 Å². The summed E-state index contributed by atoms with van der Waals surface area (Å²) in [4.78, 5) is 14.9. The second-order valence-electron chi connectivity index (χ2n) is 12.7. The highest BCUT2D eigenvalue weighted by Crippen LogP contribution is 2.39. The van der Waals surface area contributed by atoms with Gasteiger partial charge in [0.05, 0.1) is 33.0 Å². The molecule has 0 bridgehead atoms. The lowest BCUT2D eigenvalue weighted by molar-refractivity contribution is 1.10. The minimum atomic E-state index is -0.255. The molecule has 6 nitrogen and oxygen atoms in total. The summed E-state index contributed by atoms with van der Waals surface area (Å²) in [7, 11) is 0. The van der Waals surface area contributed by atoms with Crippen LogP contribution in [0.15, 0.2) is 169 Å². The molecule has 0 fully saturated rings. The Balaban J connectivity index is 1.38. The van der Waals surface area contributed by atoms with E-state index in [-0.39, 0.29) is 11.5 Å². The van der Waals surface area contributed by atoms with Gasteiger partial charge < -0.3 is 14.5 Å². The first-order chi connectivity index (χ1) is 24.7. The van der Waals surface area contributed by atoms with E-state index in [1.165, 1.54) is 4.57 Å². The van der Waals surface area contributed by atoms with Crippen molar-refractivity contribution in [1.29, 1.82) is 5.41 Å². The van der Waals surface area contributed by atoms with Gasteiger partial charge >= 0.3 is 0 Å². The number of hydrogen-bond donors (Lipinski definition) is 2. The van der Waals surface area contributed by atoms with Crippen LogP contribution in [-0.2, 0) is 0 Å². The largest absolute Gasteiger partial charge is 0.326 e. The van der Waals surface area contributed by atoms with Gasteiger partial charge in [-0.2, -0.15) is 0 Å². The Kier molecular flexibility index (Phi) is 6.08. The van der Waals surface area contributed by atoms with Gasteiger partial charge in [0, 0.05) is 44.0 Å². The molecule has 0 saturated carbocycles. The minimum absolute atomic E-state index is 0.0153. The van der Waals surface area contributed by atoms with Gasteiger partial charge in [-0.3, -0.25) is 10.2 Å². The number of aromatic nitrogens is 3. The molecule has 0 aliphatic carbocycles. The molecule has 50 heavy (non-hydrogen) atoms. The zero-order valence-electron chi connectivity index (χ0n) is 26.8. The first kappa shape index (κ1) is 28.1. The first-order valence-electron chi connectivity index (χ1n) is 16.7. The summed E-state index contributed by atoms with van der Waals surface area (Å²) >= 11 is 0. The fourth-order valence-corrected chi connectivity index (χ4v) is 7.70. The highest BCUT2D eigenvalue weighted by molar-refractivity contribution is 6.22. The van der Waals surface area contributed by atoms with Crippen LogP contribution in [0, 0.1) is 5.41 Å². The monoisotopic (exact) mass is 643 g/mol. The maximum Gasteiger partial charge on any atom is 0.265 e. The van der Waals surface area contributed by atoms with Crippen molar-refractivity contribution >= 4 is 76.9 Å². The number of nitrogens with one attached hydrogen (secondary N) is 2. The highest BCUT2D eigenvalue weighted by atomic mass is 16.1. The summed E-state index contributed by atoms with van der Waals surface area (Å²) < 4.78 is 5.99. The number of hydrogen-bond acceptors (Lipinski definition) is 2. The van der Waals surface area contributed by atoms with Gasteiger partial charge in [-0.05, 0) is 78.2 Å². The quantitative estimate of drug-likeness (QED) is 0.114. The van der Waals surface area contributed by atoms with Crippen LogP contribution in [-0.4, -0.2) is 19.7 Å².